The Balaban J connectivity index is 2.08. The smallest absolute Gasteiger partial charge is 0.261 e. The fourth-order valence-corrected chi connectivity index (χ4v) is 8.94. The van der Waals surface area contributed by atoms with Gasteiger partial charge in [0.2, 0.25) is 0 Å². The summed E-state index contributed by atoms with van der Waals surface area (Å²) in [6, 6.07) is 21.2. The summed E-state index contributed by atoms with van der Waals surface area (Å²) in [6.07, 6.45) is 0.677. The lowest BCUT2D eigenvalue weighted by atomic mass is 10.1. The van der Waals surface area contributed by atoms with Crippen LogP contribution in [0.2, 0.25) is 5.04 Å². The van der Waals surface area contributed by atoms with Gasteiger partial charge >= 0.3 is 0 Å². The minimum absolute atomic E-state index is 0.0273. The Morgan fingerprint density at radius 3 is 1.93 bits per heavy atom. The van der Waals surface area contributed by atoms with Crippen LogP contribution in [-0.2, 0) is 13.9 Å². The van der Waals surface area contributed by atoms with E-state index in [-0.39, 0.29) is 30.1 Å². The van der Waals surface area contributed by atoms with E-state index in [1.807, 2.05) is 12.1 Å². The first-order valence-corrected chi connectivity index (χ1v) is 11.9. The normalized spacial score (nSPS) is 23.5. The Bertz CT molecular complexity index is 678. The van der Waals surface area contributed by atoms with Gasteiger partial charge in [0.05, 0.1) is 18.8 Å². The molecule has 1 N–H and O–H groups in total. The maximum Gasteiger partial charge on any atom is 0.261 e. The molecule has 0 amide bonds. The molecule has 1 unspecified atom stereocenters. The Kier molecular flexibility index (Phi) is 6.73. The Morgan fingerprint density at radius 2 is 1.50 bits per heavy atom. The third-order valence-electron chi connectivity index (χ3n) is 5.55. The van der Waals surface area contributed by atoms with Crippen molar-refractivity contribution in [3.8, 4) is 0 Å². The van der Waals surface area contributed by atoms with Crippen molar-refractivity contribution in [1.29, 1.82) is 0 Å². The van der Waals surface area contributed by atoms with E-state index in [1.54, 1.807) is 7.11 Å². The minimum Gasteiger partial charge on any atom is -0.404 e. The van der Waals surface area contributed by atoms with Gasteiger partial charge < -0.3 is 19.0 Å². The Morgan fingerprint density at radius 1 is 0.964 bits per heavy atom. The molecule has 2 aromatic rings. The largest absolute Gasteiger partial charge is 0.404 e. The first-order chi connectivity index (χ1) is 13.4. The van der Waals surface area contributed by atoms with E-state index in [1.165, 1.54) is 10.4 Å². The average Bonchev–Trinajstić information content (AvgIpc) is 2.72. The standard InChI is InChI=1S/C23H32O4Si/c1-23(2,3)28(20-11-7-5-8-12-20,21-13-9-6-10-14-21)27-18-15-19(17-24)26-22(16-18)25-4/h5-14,18-19,22,24H,15-17H2,1-4H3/t18-,19+,22?/m1/s1. The molecule has 0 radical (unpaired) electrons. The zero-order valence-corrected chi connectivity index (χ0v) is 18.3. The molecule has 0 spiro atoms. The van der Waals surface area contributed by atoms with Crippen LogP contribution in [-0.4, -0.2) is 45.6 Å². The highest BCUT2D eigenvalue weighted by Gasteiger charge is 2.52. The Hall–Kier alpha value is -1.50. The van der Waals surface area contributed by atoms with Crippen molar-refractivity contribution in [1.82, 2.24) is 0 Å². The molecule has 0 aliphatic carbocycles. The van der Waals surface area contributed by atoms with Crippen LogP contribution < -0.4 is 10.4 Å². The maximum absolute atomic E-state index is 9.69. The van der Waals surface area contributed by atoms with E-state index in [0.29, 0.717) is 12.8 Å². The zero-order chi connectivity index (χ0) is 20.2. The first-order valence-electron chi connectivity index (χ1n) is 9.98. The number of ether oxygens (including phenoxy) is 2. The molecule has 0 aromatic heterocycles. The van der Waals surface area contributed by atoms with Gasteiger partial charge in [0.25, 0.3) is 8.32 Å². The third kappa shape index (κ3) is 4.24. The van der Waals surface area contributed by atoms with Crippen LogP contribution in [0, 0.1) is 0 Å². The van der Waals surface area contributed by atoms with Crippen LogP contribution in [0.5, 0.6) is 0 Å². The van der Waals surface area contributed by atoms with E-state index >= 15 is 0 Å². The number of benzene rings is 2. The minimum atomic E-state index is -2.61. The SMILES string of the molecule is COC1C[C@H](O[Si](c2ccccc2)(c2ccccc2)C(C)(C)C)C[C@@H](CO)O1. The molecule has 0 saturated carbocycles. The van der Waals surface area contributed by atoms with Gasteiger partial charge in [-0.25, -0.2) is 0 Å². The summed E-state index contributed by atoms with van der Waals surface area (Å²) in [7, 11) is -0.971. The van der Waals surface area contributed by atoms with Crippen LogP contribution in [0.3, 0.4) is 0 Å². The van der Waals surface area contributed by atoms with Gasteiger partial charge in [-0.3, -0.25) is 0 Å². The van der Waals surface area contributed by atoms with Crippen molar-refractivity contribution in [2.45, 2.75) is 57.1 Å². The van der Waals surface area contributed by atoms with Crippen LogP contribution in [0.25, 0.3) is 0 Å². The van der Waals surface area contributed by atoms with Gasteiger partial charge in [0.1, 0.15) is 0 Å². The van der Waals surface area contributed by atoms with Gasteiger partial charge in [-0.05, 0) is 15.4 Å². The average molecular weight is 401 g/mol. The molecule has 1 saturated heterocycles. The third-order valence-corrected chi connectivity index (χ3v) is 10.6. The summed E-state index contributed by atoms with van der Waals surface area (Å²) in [5.74, 6) is 0. The predicted molar refractivity (Wildman–Crippen MR) is 114 cm³/mol. The number of aliphatic hydroxyl groups excluding tert-OH is 1. The molecule has 1 aliphatic rings. The molecule has 0 bridgehead atoms. The second-order valence-electron chi connectivity index (χ2n) is 8.48. The Labute approximate surface area is 169 Å². The number of rotatable bonds is 6. The summed E-state index contributed by atoms with van der Waals surface area (Å²) in [4.78, 5) is 0. The van der Waals surface area contributed by atoms with Gasteiger partial charge in [0, 0.05) is 20.0 Å². The van der Waals surface area contributed by atoms with Crippen molar-refractivity contribution in [2.75, 3.05) is 13.7 Å². The van der Waals surface area contributed by atoms with Crippen molar-refractivity contribution < 1.29 is 19.0 Å². The summed E-state index contributed by atoms with van der Waals surface area (Å²) in [5, 5.41) is 12.1. The summed E-state index contributed by atoms with van der Waals surface area (Å²) in [5.41, 5.74) is 0. The van der Waals surface area contributed by atoms with Crippen LogP contribution >= 0.6 is 0 Å². The zero-order valence-electron chi connectivity index (χ0n) is 17.3. The molecule has 5 heteroatoms. The van der Waals surface area contributed by atoms with Gasteiger partial charge in [-0.1, -0.05) is 81.4 Å². The van der Waals surface area contributed by atoms with Gasteiger partial charge in [-0.15, -0.1) is 0 Å². The van der Waals surface area contributed by atoms with Crippen LogP contribution in [0.4, 0.5) is 0 Å². The quantitative estimate of drug-likeness (QED) is 0.757. The molecule has 1 fully saturated rings. The van der Waals surface area contributed by atoms with Gasteiger partial charge in [-0.2, -0.15) is 0 Å². The van der Waals surface area contributed by atoms with Crippen molar-refractivity contribution in [3.05, 3.63) is 60.7 Å². The van der Waals surface area contributed by atoms with Gasteiger partial charge in [0.15, 0.2) is 6.29 Å². The molecular weight excluding hydrogens is 368 g/mol. The molecule has 152 valence electrons. The highest BCUT2D eigenvalue weighted by Crippen LogP contribution is 2.39. The van der Waals surface area contributed by atoms with E-state index in [4.69, 9.17) is 13.9 Å². The second kappa shape index (κ2) is 8.89. The molecule has 3 rings (SSSR count). The molecular formula is C23H32O4Si. The van der Waals surface area contributed by atoms with Crippen molar-refractivity contribution >= 4 is 18.7 Å². The molecule has 2 aromatic carbocycles. The van der Waals surface area contributed by atoms with Crippen LogP contribution in [0.15, 0.2) is 60.7 Å². The molecule has 28 heavy (non-hydrogen) atoms. The monoisotopic (exact) mass is 400 g/mol. The van der Waals surface area contributed by atoms with E-state index in [0.717, 1.165) is 0 Å². The van der Waals surface area contributed by atoms with E-state index in [9.17, 15) is 5.11 Å². The number of methoxy groups -OCH3 is 1. The lowest BCUT2D eigenvalue weighted by Gasteiger charge is -2.47. The van der Waals surface area contributed by atoms with E-state index in [2.05, 4.69) is 69.3 Å². The predicted octanol–water partition coefficient (Wildman–Crippen LogP) is 3.08. The number of aliphatic hydroxyl groups is 1. The fourth-order valence-electron chi connectivity index (χ4n) is 4.24. The number of hydrogen-bond donors (Lipinski definition) is 1. The summed E-state index contributed by atoms with van der Waals surface area (Å²) < 4.78 is 18.4. The molecule has 4 nitrogen and oxygen atoms in total. The lowest BCUT2D eigenvalue weighted by Crippen LogP contribution is -2.68. The maximum atomic E-state index is 9.69. The lowest BCUT2D eigenvalue weighted by molar-refractivity contribution is -0.208. The van der Waals surface area contributed by atoms with Crippen molar-refractivity contribution in [3.63, 3.8) is 0 Å². The van der Waals surface area contributed by atoms with E-state index < -0.39 is 8.32 Å². The highest BCUT2D eigenvalue weighted by molar-refractivity contribution is 6.99. The first kappa shape index (κ1) is 21.2. The summed E-state index contributed by atoms with van der Waals surface area (Å²) >= 11 is 0. The topological polar surface area (TPSA) is 47.9 Å². The molecule has 3 atom stereocenters. The number of hydrogen-bond acceptors (Lipinski definition) is 4. The fraction of sp³-hybridized carbons (Fsp3) is 0.478. The van der Waals surface area contributed by atoms with Crippen LogP contribution in [0.1, 0.15) is 33.6 Å². The molecule has 1 heterocycles. The highest BCUT2D eigenvalue weighted by atomic mass is 28.4. The summed E-state index contributed by atoms with van der Waals surface area (Å²) in [6.45, 7) is 6.79. The van der Waals surface area contributed by atoms with Crippen molar-refractivity contribution in [2.24, 2.45) is 0 Å². The molecule has 1 aliphatic heterocycles. The second-order valence-corrected chi connectivity index (χ2v) is 12.7.